The topological polar surface area (TPSA) is 92.2 Å². The Morgan fingerprint density at radius 2 is 2.15 bits per heavy atom. The predicted molar refractivity (Wildman–Crippen MR) is 76.9 cm³/mol. The smallest absolute Gasteiger partial charge is 0.347 e. The van der Waals surface area contributed by atoms with Crippen molar-refractivity contribution in [2.75, 3.05) is 0 Å². The normalized spacial score (nSPS) is 10.3. The largest absolute Gasteiger partial charge is 0.477 e. The first-order chi connectivity index (χ1) is 9.47. The van der Waals surface area contributed by atoms with Gasteiger partial charge in [-0.2, -0.15) is 0 Å². The molecule has 8 heteroatoms. The lowest BCUT2D eigenvalue weighted by molar-refractivity contribution is 0.0701. The summed E-state index contributed by atoms with van der Waals surface area (Å²) in [7, 11) is 0. The monoisotopic (exact) mass is 355 g/mol. The molecule has 2 rings (SSSR count). The average molecular weight is 356 g/mol. The van der Waals surface area contributed by atoms with E-state index in [2.05, 4.69) is 31.2 Å². The van der Waals surface area contributed by atoms with Crippen LogP contribution in [0.3, 0.4) is 0 Å². The van der Waals surface area contributed by atoms with E-state index in [-0.39, 0.29) is 23.0 Å². The molecular weight excluding hydrogens is 346 g/mol. The summed E-state index contributed by atoms with van der Waals surface area (Å²) in [5, 5.41) is 12.1. The third kappa shape index (κ3) is 3.40. The second-order valence-electron chi connectivity index (χ2n) is 3.86. The van der Waals surface area contributed by atoms with E-state index in [0.29, 0.717) is 15.3 Å². The summed E-state index contributed by atoms with van der Waals surface area (Å²) in [4.78, 5) is 31.1. The number of hydrogen-bond donors (Lipinski definition) is 2. The van der Waals surface area contributed by atoms with Gasteiger partial charge in [0.15, 0.2) is 0 Å². The van der Waals surface area contributed by atoms with Crippen LogP contribution in [-0.2, 0) is 6.54 Å². The van der Waals surface area contributed by atoms with Gasteiger partial charge in [0, 0.05) is 0 Å². The number of carboxylic acids is 1. The van der Waals surface area contributed by atoms with E-state index in [1.165, 1.54) is 0 Å². The van der Waals surface area contributed by atoms with E-state index < -0.39 is 5.97 Å². The zero-order valence-electron chi connectivity index (χ0n) is 10.4. The Labute approximate surface area is 127 Å². The average Bonchev–Trinajstić information content (AvgIpc) is 2.77. The van der Waals surface area contributed by atoms with Crippen molar-refractivity contribution >= 4 is 39.1 Å². The van der Waals surface area contributed by atoms with Gasteiger partial charge < -0.3 is 10.4 Å². The maximum absolute atomic E-state index is 11.9. The van der Waals surface area contributed by atoms with Crippen molar-refractivity contribution in [3.63, 3.8) is 0 Å². The van der Waals surface area contributed by atoms with Crippen LogP contribution >= 0.6 is 27.3 Å². The molecule has 0 aliphatic heterocycles. The summed E-state index contributed by atoms with van der Waals surface area (Å²) in [6, 6.07) is 5.03. The van der Waals surface area contributed by atoms with E-state index in [0.717, 1.165) is 11.3 Å². The minimum Gasteiger partial charge on any atom is -0.477 e. The first-order valence-electron chi connectivity index (χ1n) is 5.57. The van der Waals surface area contributed by atoms with Crippen molar-refractivity contribution in [3.8, 4) is 0 Å². The van der Waals surface area contributed by atoms with Gasteiger partial charge in [0.2, 0.25) is 0 Å². The van der Waals surface area contributed by atoms with Crippen molar-refractivity contribution in [1.82, 2.24) is 15.3 Å². The Bertz CT molecular complexity index is 672. The van der Waals surface area contributed by atoms with Gasteiger partial charge in [0.05, 0.1) is 12.2 Å². The molecule has 0 atom stereocenters. The summed E-state index contributed by atoms with van der Waals surface area (Å²) in [5.41, 5.74) is 0.735. The molecule has 0 radical (unpaired) electrons. The van der Waals surface area contributed by atoms with Crippen LogP contribution in [0.5, 0.6) is 0 Å². The lowest BCUT2D eigenvalue weighted by Crippen LogP contribution is -2.23. The van der Waals surface area contributed by atoms with Crippen LogP contribution in [0, 0.1) is 6.92 Å². The first-order valence-corrected chi connectivity index (χ1v) is 7.18. The van der Waals surface area contributed by atoms with Gasteiger partial charge in [-0.15, -0.1) is 11.3 Å². The van der Waals surface area contributed by atoms with Gasteiger partial charge in [0.1, 0.15) is 20.2 Å². The second kappa shape index (κ2) is 6.10. The highest BCUT2D eigenvalue weighted by molar-refractivity contribution is 9.10. The van der Waals surface area contributed by atoms with Crippen molar-refractivity contribution in [2.24, 2.45) is 0 Å². The molecule has 20 heavy (non-hydrogen) atoms. The quantitative estimate of drug-likeness (QED) is 0.820. The molecule has 104 valence electrons. The number of pyridine rings is 1. The van der Waals surface area contributed by atoms with Crippen LogP contribution in [-0.4, -0.2) is 27.0 Å². The van der Waals surface area contributed by atoms with Gasteiger partial charge in [-0.3, -0.25) is 4.79 Å². The lowest BCUT2D eigenvalue weighted by Gasteiger charge is -2.02. The predicted octanol–water partition coefficient (Wildman–Crippen LogP) is 2.24. The molecule has 0 unspecified atom stereocenters. The van der Waals surface area contributed by atoms with Crippen LogP contribution in [0.15, 0.2) is 22.8 Å². The molecule has 2 aromatic rings. The molecule has 0 fully saturated rings. The van der Waals surface area contributed by atoms with Crippen LogP contribution in [0.1, 0.15) is 30.9 Å². The third-order valence-corrected chi connectivity index (χ3v) is 3.97. The van der Waals surface area contributed by atoms with Crippen LogP contribution in [0.2, 0.25) is 0 Å². The number of thiazole rings is 1. The summed E-state index contributed by atoms with van der Waals surface area (Å²) in [6.07, 6.45) is 0. The summed E-state index contributed by atoms with van der Waals surface area (Å²) >= 11 is 4.24. The van der Waals surface area contributed by atoms with Crippen LogP contribution < -0.4 is 5.32 Å². The minimum absolute atomic E-state index is 0.172. The number of rotatable bonds is 4. The Morgan fingerprint density at radius 3 is 2.75 bits per heavy atom. The van der Waals surface area contributed by atoms with Crippen LogP contribution in [0.4, 0.5) is 0 Å². The molecule has 0 saturated carbocycles. The van der Waals surface area contributed by atoms with Crippen molar-refractivity contribution in [3.05, 3.63) is 44.1 Å². The number of carbonyl (C=O) groups excluding carboxylic acids is 1. The summed E-state index contributed by atoms with van der Waals surface area (Å²) < 4.78 is 0.573. The van der Waals surface area contributed by atoms with Gasteiger partial charge >= 0.3 is 5.97 Å². The molecule has 0 spiro atoms. The number of amides is 1. The fourth-order valence-corrected chi connectivity index (χ4v) is 2.69. The Kier molecular flexibility index (Phi) is 4.46. The molecule has 1 amide bonds. The maximum atomic E-state index is 11.9. The first kappa shape index (κ1) is 14.6. The van der Waals surface area contributed by atoms with Crippen molar-refractivity contribution < 1.29 is 14.7 Å². The summed E-state index contributed by atoms with van der Waals surface area (Å²) in [6.45, 7) is 1.80. The summed E-state index contributed by atoms with van der Waals surface area (Å²) in [5.74, 6) is -1.35. The molecule has 0 aromatic carbocycles. The van der Waals surface area contributed by atoms with Gasteiger partial charge in [-0.1, -0.05) is 6.07 Å². The maximum Gasteiger partial charge on any atom is 0.347 e. The number of halogens is 1. The van der Waals surface area contributed by atoms with Crippen LogP contribution in [0.25, 0.3) is 0 Å². The van der Waals surface area contributed by atoms with Gasteiger partial charge in [0.25, 0.3) is 5.91 Å². The van der Waals surface area contributed by atoms with E-state index in [9.17, 15) is 9.59 Å². The molecule has 0 saturated heterocycles. The third-order valence-electron chi connectivity index (χ3n) is 2.38. The van der Waals surface area contributed by atoms with Crippen molar-refractivity contribution in [2.45, 2.75) is 13.5 Å². The van der Waals surface area contributed by atoms with E-state index in [1.54, 1.807) is 25.1 Å². The fourth-order valence-electron chi connectivity index (χ4n) is 1.51. The molecule has 2 heterocycles. The highest BCUT2D eigenvalue weighted by atomic mass is 79.9. The van der Waals surface area contributed by atoms with E-state index in [4.69, 9.17) is 5.11 Å². The zero-order valence-corrected chi connectivity index (χ0v) is 12.8. The molecule has 0 aliphatic rings. The number of nitrogens with one attached hydrogen (secondary N) is 1. The Balaban J connectivity index is 2.04. The highest BCUT2D eigenvalue weighted by Gasteiger charge is 2.15. The number of aromatic carboxylic acids is 1. The molecular formula is C12H10BrN3O3S. The Hall–Kier alpha value is -1.80. The second-order valence-corrected chi connectivity index (χ2v) is 5.75. The van der Waals surface area contributed by atoms with Crippen molar-refractivity contribution in [1.29, 1.82) is 0 Å². The number of nitrogens with zero attached hydrogens (tertiary/aromatic N) is 2. The minimum atomic E-state index is -1.01. The SMILES string of the molecule is Cc1nc(CNC(=O)c2cccc(Br)n2)sc1C(=O)O. The number of aromatic nitrogens is 2. The fraction of sp³-hybridized carbons (Fsp3) is 0.167. The molecule has 2 N–H and O–H groups in total. The lowest BCUT2D eigenvalue weighted by atomic mass is 10.3. The molecule has 0 aliphatic carbocycles. The number of carboxylic acid groups (broad SMARTS) is 1. The molecule has 0 bridgehead atoms. The number of carbonyl (C=O) groups is 2. The van der Waals surface area contributed by atoms with Gasteiger partial charge in [-0.25, -0.2) is 14.8 Å². The zero-order chi connectivity index (χ0) is 14.7. The molecule has 2 aromatic heterocycles. The molecule has 6 nitrogen and oxygen atoms in total. The highest BCUT2D eigenvalue weighted by Crippen LogP contribution is 2.17. The standard InChI is InChI=1S/C12H10BrN3O3S/c1-6-10(12(18)19)20-9(15-6)5-14-11(17)7-3-2-4-8(13)16-7/h2-4H,5H2,1H3,(H,14,17)(H,18,19). The van der Waals surface area contributed by atoms with E-state index >= 15 is 0 Å². The van der Waals surface area contributed by atoms with Gasteiger partial charge in [-0.05, 0) is 35.0 Å². The number of aryl methyl sites for hydroxylation is 1. The Morgan fingerprint density at radius 1 is 1.40 bits per heavy atom. The number of hydrogen-bond acceptors (Lipinski definition) is 5. The van der Waals surface area contributed by atoms with E-state index in [1.807, 2.05) is 0 Å².